The Morgan fingerprint density at radius 2 is 2.40 bits per heavy atom. The second kappa shape index (κ2) is 3.97. The molecule has 0 N–H and O–H groups in total. The first-order valence-corrected chi connectivity index (χ1v) is 5.33. The molecule has 0 fully saturated rings. The van der Waals surface area contributed by atoms with Gasteiger partial charge >= 0.3 is 0 Å². The number of hydrogen-bond acceptors (Lipinski definition) is 2. The van der Waals surface area contributed by atoms with E-state index in [2.05, 4.69) is 17.6 Å². The first-order valence-electron chi connectivity index (χ1n) is 5.33. The topological polar surface area (TPSA) is 30.0 Å². The standard InChI is InChI=1S/C13H15NO/c1-9(2)13(15)11-7-3-5-10-6-4-8-14-12(10)11/h4,6,8,11H,1,3,5,7H2,2H3. The summed E-state index contributed by atoms with van der Waals surface area (Å²) in [5.41, 5.74) is 2.83. The van der Waals surface area contributed by atoms with Gasteiger partial charge in [-0.05, 0) is 43.4 Å². The van der Waals surface area contributed by atoms with E-state index in [1.165, 1.54) is 5.56 Å². The largest absolute Gasteiger partial charge is 0.294 e. The van der Waals surface area contributed by atoms with Crippen molar-refractivity contribution in [1.29, 1.82) is 0 Å². The van der Waals surface area contributed by atoms with Gasteiger partial charge in [0.2, 0.25) is 0 Å². The molecule has 1 aromatic heterocycles. The smallest absolute Gasteiger partial charge is 0.167 e. The molecule has 0 radical (unpaired) electrons. The normalized spacial score (nSPS) is 19.4. The molecule has 1 aliphatic rings. The van der Waals surface area contributed by atoms with E-state index in [9.17, 15) is 4.79 Å². The highest BCUT2D eigenvalue weighted by Gasteiger charge is 2.27. The lowest BCUT2D eigenvalue weighted by molar-refractivity contribution is -0.117. The summed E-state index contributed by atoms with van der Waals surface area (Å²) in [5.74, 6) is 0.0992. The first-order chi connectivity index (χ1) is 7.20. The Labute approximate surface area is 90.0 Å². The van der Waals surface area contributed by atoms with Gasteiger partial charge in [-0.1, -0.05) is 12.6 Å². The minimum atomic E-state index is -0.0487. The van der Waals surface area contributed by atoms with E-state index >= 15 is 0 Å². The van der Waals surface area contributed by atoms with Crippen LogP contribution in [0, 0.1) is 0 Å². The van der Waals surface area contributed by atoms with Crippen LogP contribution < -0.4 is 0 Å². The van der Waals surface area contributed by atoms with Crippen molar-refractivity contribution in [2.45, 2.75) is 32.1 Å². The van der Waals surface area contributed by atoms with Crippen molar-refractivity contribution in [2.75, 3.05) is 0 Å². The molecule has 0 amide bonds. The third-order valence-corrected chi connectivity index (χ3v) is 2.93. The molecule has 2 heteroatoms. The second-order valence-corrected chi connectivity index (χ2v) is 4.14. The van der Waals surface area contributed by atoms with Crippen LogP contribution in [0.2, 0.25) is 0 Å². The molecule has 0 spiro atoms. The number of Topliss-reactive ketones (excluding diaryl/α,β-unsaturated/α-hetero) is 1. The van der Waals surface area contributed by atoms with Crippen LogP contribution in [-0.2, 0) is 11.2 Å². The summed E-state index contributed by atoms with van der Waals surface area (Å²) in [5, 5.41) is 0. The van der Waals surface area contributed by atoms with Crippen molar-refractivity contribution in [2.24, 2.45) is 0 Å². The average molecular weight is 201 g/mol. The van der Waals surface area contributed by atoms with E-state index in [0.29, 0.717) is 5.57 Å². The molecule has 0 bridgehead atoms. The number of carbonyl (C=O) groups excluding carboxylic acids is 1. The van der Waals surface area contributed by atoms with E-state index in [1.54, 1.807) is 13.1 Å². The molecule has 2 nitrogen and oxygen atoms in total. The van der Waals surface area contributed by atoms with Gasteiger partial charge in [0.15, 0.2) is 5.78 Å². The van der Waals surface area contributed by atoms with Crippen LogP contribution in [-0.4, -0.2) is 10.8 Å². The van der Waals surface area contributed by atoms with Crippen molar-refractivity contribution in [3.05, 3.63) is 41.7 Å². The Morgan fingerprint density at radius 3 is 3.13 bits per heavy atom. The SMILES string of the molecule is C=C(C)C(=O)C1CCCc2cccnc21. The molecule has 1 atom stereocenters. The third-order valence-electron chi connectivity index (χ3n) is 2.93. The Morgan fingerprint density at radius 1 is 1.60 bits per heavy atom. The van der Waals surface area contributed by atoms with Crippen LogP contribution in [0.25, 0.3) is 0 Å². The fourth-order valence-corrected chi connectivity index (χ4v) is 2.16. The quantitative estimate of drug-likeness (QED) is 0.688. The van der Waals surface area contributed by atoms with Crippen molar-refractivity contribution < 1.29 is 4.79 Å². The molecule has 0 saturated carbocycles. The zero-order valence-corrected chi connectivity index (χ0v) is 8.99. The highest BCUT2D eigenvalue weighted by molar-refractivity contribution is 5.99. The van der Waals surface area contributed by atoms with Gasteiger partial charge in [0, 0.05) is 6.20 Å². The van der Waals surface area contributed by atoms with Crippen LogP contribution in [0.15, 0.2) is 30.5 Å². The molecule has 0 aromatic carbocycles. The zero-order valence-electron chi connectivity index (χ0n) is 8.99. The van der Waals surface area contributed by atoms with Gasteiger partial charge in [-0.15, -0.1) is 0 Å². The minimum Gasteiger partial charge on any atom is -0.294 e. The summed E-state index contributed by atoms with van der Waals surface area (Å²) < 4.78 is 0. The molecular weight excluding hydrogens is 186 g/mol. The molecular formula is C13H15NO. The molecule has 1 unspecified atom stereocenters. The van der Waals surface area contributed by atoms with Gasteiger partial charge in [0.1, 0.15) is 0 Å². The number of pyridine rings is 1. The van der Waals surface area contributed by atoms with Crippen LogP contribution in [0.5, 0.6) is 0 Å². The zero-order chi connectivity index (χ0) is 10.8. The lowest BCUT2D eigenvalue weighted by Gasteiger charge is -2.23. The predicted molar refractivity (Wildman–Crippen MR) is 59.7 cm³/mol. The van der Waals surface area contributed by atoms with Crippen molar-refractivity contribution in [3.8, 4) is 0 Å². The summed E-state index contributed by atoms with van der Waals surface area (Å²) in [4.78, 5) is 16.3. The average Bonchev–Trinajstić information content (AvgIpc) is 2.27. The molecule has 2 rings (SSSR count). The Balaban J connectivity index is 2.38. The maximum Gasteiger partial charge on any atom is 0.167 e. The third kappa shape index (κ3) is 1.84. The maximum absolute atomic E-state index is 11.9. The van der Waals surface area contributed by atoms with Crippen LogP contribution in [0.4, 0.5) is 0 Å². The number of nitrogens with zero attached hydrogens (tertiary/aromatic N) is 1. The monoisotopic (exact) mass is 201 g/mol. The molecule has 15 heavy (non-hydrogen) atoms. The van der Waals surface area contributed by atoms with Gasteiger partial charge in [-0.3, -0.25) is 9.78 Å². The lowest BCUT2D eigenvalue weighted by atomic mass is 9.82. The molecule has 1 aliphatic carbocycles. The highest BCUT2D eigenvalue weighted by atomic mass is 16.1. The molecule has 1 aromatic rings. The second-order valence-electron chi connectivity index (χ2n) is 4.14. The van der Waals surface area contributed by atoms with E-state index in [1.807, 2.05) is 6.07 Å². The Hall–Kier alpha value is -1.44. The number of fused-ring (bicyclic) bond motifs is 1. The van der Waals surface area contributed by atoms with Gasteiger partial charge in [0.05, 0.1) is 11.6 Å². The number of hydrogen-bond donors (Lipinski definition) is 0. The molecule has 0 aliphatic heterocycles. The van der Waals surface area contributed by atoms with Crippen molar-refractivity contribution in [1.82, 2.24) is 4.98 Å². The molecule has 0 saturated heterocycles. The van der Waals surface area contributed by atoms with Gasteiger partial charge < -0.3 is 0 Å². The highest BCUT2D eigenvalue weighted by Crippen LogP contribution is 2.31. The van der Waals surface area contributed by atoms with E-state index in [-0.39, 0.29) is 11.7 Å². The number of allylic oxidation sites excluding steroid dienone is 1. The summed E-state index contributed by atoms with van der Waals surface area (Å²) in [6, 6.07) is 4.01. The fourth-order valence-electron chi connectivity index (χ4n) is 2.16. The van der Waals surface area contributed by atoms with Crippen LogP contribution in [0.1, 0.15) is 36.9 Å². The Bertz CT molecular complexity index is 409. The fraction of sp³-hybridized carbons (Fsp3) is 0.385. The van der Waals surface area contributed by atoms with Crippen molar-refractivity contribution in [3.63, 3.8) is 0 Å². The van der Waals surface area contributed by atoms with Crippen molar-refractivity contribution >= 4 is 5.78 Å². The lowest BCUT2D eigenvalue weighted by Crippen LogP contribution is -2.20. The minimum absolute atomic E-state index is 0.0487. The van der Waals surface area contributed by atoms with Gasteiger partial charge in [-0.2, -0.15) is 0 Å². The summed E-state index contributed by atoms with van der Waals surface area (Å²) in [6.45, 7) is 5.50. The van der Waals surface area contributed by atoms with E-state index in [0.717, 1.165) is 25.0 Å². The summed E-state index contributed by atoms with van der Waals surface area (Å²) >= 11 is 0. The van der Waals surface area contributed by atoms with Crippen LogP contribution in [0.3, 0.4) is 0 Å². The number of aromatic nitrogens is 1. The first kappa shape index (κ1) is 10.1. The summed E-state index contributed by atoms with van der Waals surface area (Å²) in [6.07, 6.45) is 4.80. The van der Waals surface area contributed by atoms with E-state index in [4.69, 9.17) is 0 Å². The molecule has 1 heterocycles. The summed E-state index contributed by atoms with van der Waals surface area (Å²) in [7, 11) is 0. The Kier molecular flexibility index (Phi) is 2.67. The van der Waals surface area contributed by atoms with Crippen LogP contribution >= 0.6 is 0 Å². The number of rotatable bonds is 2. The number of aryl methyl sites for hydroxylation is 1. The number of carbonyl (C=O) groups is 1. The number of ketones is 1. The maximum atomic E-state index is 11.9. The molecule has 78 valence electrons. The van der Waals surface area contributed by atoms with Gasteiger partial charge in [0.25, 0.3) is 0 Å². The van der Waals surface area contributed by atoms with E-state index < -0.39 is 0 Å². The van der Waals surface area contributed by atoms with Gasteiger partial charge in [-0.25, -0.2) is 0 Å². The predicted octanol–water partition coefficient (Wildman–Crippen LogP) is 2.65.